The SMILES string of the molecule is CC(C)n1cc(C=C2CC(=O)CCN2)nn1. The molecular weight excluding hydrogens is 204 g/mol. The molecule has 1 aliphatic rings. The predicted molar refractivity (Wildman–Crippen MR) is 60.6 cm³/mol. The summed E-state index contributed by atoms with van der Waals surface area (Å²) < 4.78 is 1.80. The van der Waals surface area contributed by atoms with Crippen LogP contribution in [0.25, 0.3) is 6.08 Å². The van der Waals surface area contributed by atoms with Crippen molar-refractivity contribution in [2.24, 2.45) is 0 Å². The Morgan fingerprint density at radius 2 is 2.38 bits per heavy atom. The van der Waals surface area contributed by atoms with Crippen LogP contribution in [0.3, 0.4) is 0 Å². The molecule has 2 rings (SSSR count). The first-order valence-electron chi connectivity index (χ1n) is 5.53. The Hall–Kier alpha value is -1.65. The highest BCUT2D eigenvalue weighted by Gasteiger charge is 2.12. The Morgan fingerprint density at radius 1 is 1.56 bits per heavy atom. The first-order chi connectivity index (χ1) is 7.65. The minimum absolute atomic E-state index is 0.279. The van der Waals surface area contributed by atoms with Crippen LogP contribution in [0.1, 0.15) is 38.4 Å². The molecule has 0 spiro atoms. The van der Waals surface area contributed by atoms with E-state index in [0.29, 0.717) is 18.9 Å². The fraction of sp³-hybridized carbons (Fsp3) is 0.545. The molecule has 0 radical (unpaired) electrons. The molecule has 1 aliphatic heterocycles. The van der Waals surface area contributed by atoms with E-state index in [2.05, 4.69) is 15.6 Å². The third-order valence-corrected chi connectivity index (χ3v) is 2.52. The van der Waals surface area contributed by atoms with E-state index in [9.17, 15) is 4.79 Å². The highest BCUT2D eigenvalue weighted by Crippen LogP contribution is 2.11. The Labute approximate surface area is 94.5 Å². The van der Waals surface area contributed by atoms with Crippen LogP contribution in [-0.4, -0.2) is 27.3 Å². The topological polar surface area (TPSA) is 59.8 Å². The van der Waals surface area contributed by atoms with Crippen molar-refractivity contribution in [2.45, 2.75) is 32.7 Å². The van der Waals surface area contributed by atoms with E-state index < -0.39 is 0 Å². The Bertz CT molecular complexity index is 419. The van der Waals surface area contributed by atoms with Crippen molar-refractivity contribution in [2.75, 3.05) is 6.54 Å². The number of hydrogen-bond donors (Lipinski definition) is 1. The maximum absolute atomic E-state index is 11.3. The van der Waals surface area contributed by atoms with E-state index in [-0.39, 0.29) is 5.78 Å². The van der Waals surface area contributed by atoms with Gasteiger partial charge in [0.15, 0.2) is 0 Å². The van der Waals surface area contributed by atoms with E-state index in [0.717, 1.165) is 17.9 Å². The number of ketones is 1. The fourth-order valence-corrected chi connectivity index (χ4v) is 1.62. The minimum atomic E-state index is 0.279. The van der Waals surface area contributed by atoms with E-state index in [1.807, 2.05) is 26.1 Å². The summed E-state index contributed by atoms with van der Waals surface area (Å²) in [6.07, 6.45) is 4.88. The van der Waals surface area contributed by atoms with Crippen molar-refractivity contribution in [3.05, 3.63) is 17.6 Å². The van der Waals surface area contributed by atoms with E-state index in [4.69, 9.17) is 0 Å². The molecule has 5 heteroatoms. The van der Waals surface area contributed by atoms with Gasteiger partial charge in [0, 0.05) is 31.1 Å². The predicted octanol–water partition coefficient (Wildman–Crippen LogP) is 1.15. The number of rotatable bonds is 2. The second-order valence-corrected chi connectivity index (χ2v) is 4.28. The molecule has 0 saturated carbocycles. The Kier molecular flexibility index (Phi) is 3.03. The fourth-order valence-electron chi connectivity index (χ4n) is 1.62. The molecule has 2 heterocycles. The number of piperidine rings is 1. The lowest BCUT2D eigenvalue weighted by molar-refractivity contribution is -0.119. The van der Waals surface area contributed by atoms with Crippen molar-refractivity contribution >= 4 is 11.9 Å². The normalized spacial score (nSPS) is 19.2. The monoisotopic (exact) mass is 220 g/mol. The van der Waals surface area contributed by atoms with Gasteiger partial charge in [-0.1, -0.05) is 5.21 Å². The lowest BCUT2D eigenvalue weighted by Crippen LogP contribution is -2.25. The largest absolute Gasteiger partial charge is 0.387 e. The van der Waals surface area contributed by atoms with Crippen molar-refractivity contribution in [3.63, 3.8) is 0 Å². The van der Waals surface area contributed by atoms with E-state index in [1.54, 1.807) is 4.68 Å². The highest BCUT2D eigenvalue weighted by molar-refractivity contribution is 5.83. The highest BCUT2D eigenvalue weighted by atomic mass is 16.1. The molecule has 16 heavy (non-hydrogen) atoms. The van der Waals surface area contributed by atoms with Crippen molar-refractivity contribution in [1.82, 2.24) is 20.3 Å². The van der Waals surface area contributed by atoms with Gasteiger partial charge in [-0.15, -0.1) is 5.10 Å². The van der Waals surface area contributed by atoms with Crippen LogP contribution in [0.5, 0.6) is 0 Å². The quantitative estimate of drug-likeness (QED) is 0.812. The molecule has 1 aromatic heterocycles. The number of aromatic nitrogens is 3. The van der Waals surface area contributed by atoms with Crippen LogP contribution < -0.4 is 5.32 Å². The average molecular weight is 220 g/mol. The molecule has 1 fully saturated rings. The summed E-state index contributed by atoms with van der Waals surface area (Å²) >= 11 is 0. The van der Waals surface area contributed by atoms with Gasteiger partial charge in [0.2, 0.25) is 0 Å². The maximum atomic E-state index is 11.3. The van der Waals surface area contributed by atoms with Gasteiger partial charge in [-0.2, -0.15) is 0 Å². The average Bonchev–Trinajstić information content (AvgIpc) is 2.66. The van der Waals surface area contributed by atoms with E-state index >= 15 is 0 Å². The summed E-state index contributed by atoms with van der Waals surface area (Å²) in [6, 6.07) is 0.306. The Morgan fingerprint density at radius 3 is 3.00 bits per heavy atom. The standard InChI is InChI=1S/C11H16N4O/c1-8(2)15-7-10(13-14-15)5-9-6-11(16)3-4-12-9/h5,7-8,12H,3-4,6H2,1-2H3. The van der Waals surface area contributed by atoms with Crippen molar-refractivity contribution < 1.29 is 4.79 Å². The minimum Gasteiger partial charge on any atom is -0.387 e. The molecule has 0 atom stereocenters. The molecule has 0 aliphatic carbocycles. The van der Waals surface area contributed by atoms with Gasteiger partial charge in [-0.3, -0.25) is 4.79 Å². The lowest BCUT2D eigenvalue weighted by Gasteiger charge is -2.14. The van der Waals surface area contributed by atoms with Crippen molar-refractivity contribution in [1.29, 1.82) is 0 Å². The molecule has 0 bridgehead atoms. The number of Topliss-reactive ketones (excluding diaryl/α,β-unsaturated/α-hetero) is 1. The number of nitrogens with one attached hydrogen (secondary N) is 1. The lowest BCUT2D eigenvalue weighted by atomic mass is 10.1. The number of hydrogen-bond acceptors (Lipinski definition) is 4. The van der Waals surface area contributed by atoms with Gasteiger partial charge in [0.25, 0.3) is 0 Å². The van der Waals surface area contributed by atoms with Gasteiger partial charge in [-0.05, 0) is 19.9 Å². The van der Waals surface area contributed by atoms with Gasteiger partial charge in [0.1, 0.15) is 11.5 Å². The van der Waals surface area contributed by atoms with Crippen molar-refractivity contribution in [3.8, 4) is 0 Å². The zero-order chi connectivity index (χ0) is 11.5. The summed E-state index contributed by atoms with van der Waals surface area (Å²) in [7, 11) is 0. The van der Waals surface area contributed by atoms with Crippen LogP contribution in [-0.2, 0) is 4.79 Å². The number of carbonyl (C=O) groups excluding carboxylic acids is 1. The third-order valence-electron chi connectivity index (χ3n) is 2.52. The Balaban J connectivity index is 2.12. The van der Waals surface area contributed by atoms with Gasteiger partial charge < -0.3 is 5.32 Å². The molecule has 5 nitrogen and oxygen atoms in total. The van der Waals surface area contributed by atoms with Crippen LogP contribution in [0, 0.1) is 0 Å². The van der Waals surface area contributed by atoms with Gasteiger partial charge in [0.05, 0.1) is 6.20 Å². The molecule has 0 amide bonds. The summed E-state index contributed by atoms with van der Waals surface area (Å²) in [4.78, 5) is 11.3. The van der Waals surface area contributed by atoms with Gasteiger partial charge in [-0.25, -0.2) is 4.68 Å². The summed E-state index contributed by atoms with van der Waals surface area (Å²) in [6.45, 7) is 4.82. The smallest absolute Gasteiger partial charge is 0.140 e. The second-order valence-electron chi connectivity index (χ2n) is 4.28. The molecule has 86 valence electrons. The molecule has 1 aromatic rings. The third kappa shape index (κ3) is 2.48. The zero-order valence-corrected chi connectivity index (χ0v) is 9.60. The first-order valence-corrected chi connectivity index (χ1v) is 5.53. The first kappa shape index (κ1) is 10.9. The number of carbonyl (C=O) groups is 1. The van der Waals surface area contributed by atoms with Crippen LogP contribution >= 0.6 is 0 Å². The van der Waals surface area contributed by atoms with Crippen LogP contribution in [0.2, 0.25) is 0 Å². The summed E-state index contributed by atoms with van der Waals surface area (Å²) in [5.41, 5.74) is 1.73. The molecule has 0 aromatic carbocycles. The van der Waals surface area contributed by atoms with Gasteiger partial charge >= 0.3 is 0 Å². The van der Waals surface area contributed by atoms with Crippen LogP contribution in [0.4, 0.5) is 0 Å². The maximum Gasteiger partial charge on any atom is 0.140 e. The zero-order valence-electron chi connectivity index (χ0n) is 9.60. The van der Waals surface area contributed by atoms with Crippen LogP contribution in [0.15, 0.2) is 11.9 Å². The number of allylic oxidation sites excluding steroid dienone is 1. The summed E-state index contributed by atoms with van der Waals surface area (Å²) in [5.74, 6) is 0.279. The molecular formula is C11H16N4O. The molecule has 0 unspecified atom stereocenters. The molecule has 1 N–H and O–H groups in total. The summed E-state index contributed by atoms with van der Waals surface area (Å²) in [5, 5.41) is 11.3. The van der Waals surface area contributed by atoms with E-state index in [1.165, 1.54) is 0 Å². The molecule has 1 saturated heterocycles. The second kappa shape index (κ2) is 4.47. The number of nitrogens with zero attached hydrogens (tertiary/aromatic N) is 3.